The first-order valence-corrected chi connectivity index (χ1v) is 6.88. The van der Waals surface area contributed by atoms with Crippen LogP contribution in [0.2, 0.25) is 0 Å². The molecule has 5 heteroatoms. The van der Waals surface area contributed by atoms with Crippen molar-refractivity contribution in [1.82, 2.24) is 0 Å². The Kier molecular flexibility index (Phi) is 5.15. The number of carbonyl (C=O) groups excluding carboxylic acids is 2. The van der Waals surface area contributed by atoms with Crippen LogP contribution in [0.3, 0.4) is 0 Å². The van der Waals surface area contributed by atoms with Gasteiger partial charge in [-0.3, -0.25) is 4.79 Å². The summed E-state index contributed by atoms with van der Waals surface area (Å²) in [6.07, 6.45) is 0.839. The van der Waals surface area contributed by atoms with Crippen molar-refractivity contribution in [1.29, 1.82) is 0 Å². The summed E-state index contributed by atoms with van der Waals surface area (Å²) in [5, 5.41) is 9.99. The molecule has 0 aliphatic heterocycles. The fraction of sp³-hybridized carbons (Fsp3) is 0.111. The number of hydrogen-bond acceptors (Lipinski definition) is 5. The molecule has 2 aromatic carbocycles. The van der Waals surface area contributed by atoms with Crippen LogP contribution >= 0.6 is 0 Å². The fourth-order valence-electron chi connectivity index (χ4n) is 1.97. The second kappa shape index (κ2) is 7.26. The van der Waals surface area contributed by atoms with Crippen molar-refractivity contribution in [3.63, 3.8) is 0 Å². The maximum atomic E-state index is 11.4. The molecule has 0 atom stereocenters. The number of methoxy groups -OCH3 is 1. The molecule has 0 aliphatic carbocycles. The smallest absolute Gasteiger partial charge is 0.378 e. The number of aliphatic hydroxyl groups is 1. The highest BCUT2D eigenvalue weighted by Gasteiger charge is 2.14. The molecule has 23 heavy (non-hydrogen) atoms. The number of rotatable bonds is 5. The second-order valence-electron chi connectivity index (χ2n) is 4.78. The first kappa shape index (κ1) is 16.3. The van der Waals surface area contributed by atoms with Crippen molar-refractivity contribution in [3.8, 4) is 11.5 Å². The summed E-state index contributed by atoms with van der Waals surface area (Å²) in [5.41, 5.74) is 1.13. The number of para-hydroxylation sites is 1. The van der Waals surface area contributed by atoms with Crippen LogP contribution in [0.15, 0.2) is 54.6 Å². The van der Waals surface area contributed by atoms with Crippen molar-refractivity contribution < 1.29 is 24.2 Å². The molecule has 2 rings (SSSR count). The summed E-state index contributed by atoms with van der Waals surface area (Å²) in [5.74, 6) is -0.957. The normalized spacial score (nSPS) is 11.0. The Morgan fingerprint density at radius 1 is 1.04 bits per heavy atom. The summed E-state index contributed by atoms with van der Waals surface area (Å²) in [7, 11) is 1.10. The zero-order valence-electron chi connectivity index (χ0n) is 12.8. The molecule has 0 bridgehead atoms. The highest BCUT2D eigenvalue weighted by atomic mass is 16.5. The average molecular weight is 312 g/mol. The maximum absolute atomic E-state index is 11.4. The molecule has 1 N–H and O–H groups in total. The van der Waals surface area contributed by atoms with Gasteiger partial charge in [-0.25, -0.2) is 4.79 Å². The Labute approximate surface area is 133 Å². The molecular weight excluding hydrogens is 296 g/mol. The molecule has 0 aromatic heterocycles. The van der Waals surface area contributed by atoms with Gasteiger partial charge in [-0.1, -0.05) is 18.2 Å². The predicted octanol–water partition coefficient (Wildman–Crippen LogP) is 3.43. The highest BCUT2D eigenvalue weighted by molar-refractivity contribution is 6.39. The molecule has 0 radical (unpaired) electrons. The molecule has 0 amide bonds. The number of hydrogen-bond donors (Lipinski definition) is 1. The first-order chi connectivity index (χ1) is 11.0. The SMILES string of the molecule is COC(=O)C(=O)/C=C(\O)c1ccc(Oc2ccccc2)cc1C. The van der Waals surface area contributed by atoms with Gasteiger partial charge in [0, 0.05) is 11.6 Å². The number of benzene rings is 2. The van der Waals surface area contributed by atoms with Gasteiger partial charge < -0.3 is 14.6 Å². The van der Waals surface area contributed by atoms with E-state index in [1.54, 1.807) is 25.1 Å². The number of aliphatic hydroxyl groups excluding tert-OH is 1. The van der Waals surface area contributed by atoms with Crippen molar-refractivity contribution in [3.05, 3.63) is 65.7 Å². The largest absolute Gasteiger partial charge is 0.507 e. The van der Waals surface area contributed by atoms with Crippen LogP contribution in [0, 0.1) is 6.92 Å². The number of ketones is 1. The van der Waals surface area contributed by atoms with Gasteiger partial charge in [0.1, 0.15) is 17.3 Å². The molecule has 0 heterocycles. The van der Waals surface area contributed by atoms with Crippen LogP contribution < -0.4 is 4.74 Å². The summed E-state index contributed by atoms with van der Waals surface area (Å²) >= 11 is 0. The Morgan fingerprint density at radius 2 is 1.74 bits per heavy atom. The molecule has 0 aliphatic rings. The lowest BCUT2D eigenvalue weighted by Crippen LogP contribution is -2.13. The molecule has 0 spiro atoms. The van der Waals surface area contributed by atoms with E-state index in [0.717, 1.165) is 13.2 Å². The van der Waals surface area contributed by atoms with Gasteiger partial charge in [0.15, 0.2) is 0 Å². The van der Waals surface area contributed by atoms with Gasteiger partial charge in [0.2, 0.25) is 0 Å². The zero-order valence-corrected chi connectivity index (χ0v) is 12.8. The standard InChI is InChI=1S/C18H16O5/c1-12-10-14(23-13-6-4-3-5-7-13)8-9-15(12)16(19)11-17(20)18(21)22-2/h3-11,19H,1-2H3/b16-11-. The van der Waals surface area contributed by atoms with Crippen LogP contribution in [0.25, 0.3) is 5.76 Å². The Bertz CT molecular complexity index is 747. The Morgan fingerprint density at radius 3 is 2.35 bits per heavy atom. The van der Waals surface area contributed by atoms with Crippen molar-refractivity contribution >= 4 is 17.5 Å². The van der Waals surface area contributed by atoms with Crippen LogP contribution in [0.1, 0.15) is 11.1 Å². The summed E-state index contributed by atoms with van der Waals surface area (Å²) < 4.78 is 9.99. The van der Waals surface area contributed by atoms with Gasteiger partial charge in [-0.15, -0.1) is 0 Å². The third kappa shape index (κ3) is 4.20. The van der Waals surface area contributed by atoms with Crippen LogP contribution in [0.4, 0.5) is 0 Å². The maximum Gasteiger partial charge on any atom is 0.378 e. The van der Waals surface area contributed by atoms with Gasteiger partial charge >= 0.3 is 5.97 Å². The van der Waals surface area contributed by atoms with E-state index in [1.165, 1.54) is 0 Å². The van der Waals surface area contributed by atoms with E-state index in [-0.39, 0.29) is 5.76 Å². The van der Waals surface area contributed by atoms with Crippen LogP contribution in [-0.4, -0.2) is 24.0 Å². The topological polar surface area (TPSA) is 72.8 Å². The van der Waals surface area contributed by atoms with Crippen LogP contribution in [0.5, 0.6) is 11.5 Å². The molecular formula is C18H16O5. The first-order valence-electron chi connectivity index (χ1n) is 6.88. The van der Waals surface area contributed by atoms with Crippen LogP contribution in [-0.2, 0) is 14.3 Å². The van der Waals surface area contributed by atoms with Crippen molar-refractivity contribution in [2.24, 2.45) is 0 Å². The van der Waals surface area contributed by atoms with E-state index in [1.807, 2.05) is 30.3 Å². The Hall–Kier alpha value is -3.08. The predicted molar refractivity (Wildman–Crippen MR) is 85.3 cm³/mol. The molecule has 0 fully saturated rings. The molecule has 0 saturated carbocycles. The second-order valence-corrected chi connectivity index (χ2v) is 4.78. The summed E-state index contributed by atoms with van der Waals surface area (Å²) in [6, 6.07) is 14.3. The van der Waals surface area contributed by atoms with Crippen molar-refractivity contribution in [2.45, 2.75) is 6.92 Å². The Balaban J connectivity index is 2.20. The van der Waals surface area contributed by atoms with E-state index in [0.29, 0.717) is 22.6 Å². The lowest BCUT2D eigenvalue weighted by atomic mass is 10.1. The summed E-state index contributed by atoms with van der Waals surface area (Å²) in [4.78, 5) is 22.5. The number of ether oxygens (including phenoxy) is 2. The average Bonchev–Trinajstić information content (AvgIpc) is 2.54. The van der Waals surface area contributed by atoms with Gasteiger partial charge in [0.05, 0.1) is 7.11 Å². The molecule has 0 saturated heterocycles. The number of aryl methyl sites for hydroxylation is 1. The minimum Gasteiger partial charge on any atom is -0.507 e. The summed E-state index contributed by atoms with van der Waals surface area (Å²) in [6.45, 7) is 1.76. The van der Waals surface area contributed by atoms with Gasteiger partial charge in [-0.2, -0.15) is 0 Å². The minimum atomic E-state index is -1.03. The highest BCUT2D eigenvalue weighted by Crippen LogP contribution is 2.26. The number of esters is 1. The van der Waals surface area contributed by atoms with E-state index >= 15 is 0 Å². The van der Waals surface area contributed by atoms with Gasteiger partial charge in [0.25, 0.3) is 5.78 Å². The molecule has 118 valence electrons. The quantitative estimate of drug-likeness (QED) is 0.396. The third-order valence-corrected chi connectivity index (χ3v) is 3.11. The zero-order chi connectivity index (χ0) is 16.8. The van der Waals surface area contributed by atoms with Gasteiger partial charge in [-0.05, 0) is 42.8 Å². The molecule has 5 nitrogen and oxygen atoms in total. The number of carbonyl (C=O) groups is 2. The van der Waals surface area contributed by atoms with E-state index in [2.05, 4.69) is 4.74 Å². The molecule has 0 unspecified atom stereocenters. The van der Waals surface area contributed by atoms with Crippen molar-refractivity contribution in [2.75, 3.05) is 7.11 Å². The third-order valence-electron chi connectivity index (χ3n) is 3.11. The molecule has 2 aromatic rings. The van der Waals surface area contributed by atoms with E-state index < -0.39 is 11.8 Å². The lowest BCUT2D eigenvalue weighted by Gasteiger charge is -2.09. The van der Waals surface area contributed by atoms with E-state index in [4.69, 9.17) is 4.74 Å². The van der Waals surface area contributed by atoms with E-state index in [9.17, 15) is 14.7 Å². The lowest BCUT2D eigenvalue weighted by molar-refractivity contribution is -0.149. The fourth-order valence-corrected chi connectivity index (χ4v) is 1.97. The monoisotopic (exact) mass is 312 g/mol. The minimum absolute atomic E-state index is 0.302.